The fourth-order valence-electron chi connectivity index (χ4n) is 4.83. The molecule has 0 bridgehead atoms. The van der Waals surface area contributed by atoms with Crippen LogP contribution in [0.1, 0.15) is 13.3 Å². The summed E-state index contributed by atoms with van der Waals surface area (Å²) in [6, 6.07) is 0.623. The number of hydrogen-bond donors (Lipinski definition) is 2. The van der Waals surface area contributed by atoms with Gasteiger partial charge in [-0.15, -0.1) is 0 Å². The number of fused-ring (bicyclic) bond motifs is 1. The first-order valence-corrected chi connectivity index (χ1v) is 11.8. The molecular weight excluding hydrogens is 430 g/mol. The second-order valence-corrected chi connectivity index (χ2v) is 9.19. The third-order valence-corrected chi connectivity index (χ3v) is 6.91. The molecule has 3 aliphatic rings. The number of nitrogens with one attached hydrogen (secondary N) is 1. The van der Waals surface area contributed by atoms with Crippen molar-refractivity contribution in [2.24, 2.45) is 5.92 Å². The van der Waals surface area contributed by atoms with Gasteiger partial charge in [-0.25, -0.2) is 15.0 Å². The van der Waals surface area contributed by atoms with Crippen molar-refractivity contribution in [2.75, 3.05) is 50.4 Å². The Morgan fingerprint density at radius 3 is 2.65 bits per heavy atom. The van der Waals surface area contributed by atoms with Crippen LogP contribution < -0.4 is 11.1 Å². The molecule has 1 atom stereocenters. The molecule has 10 nitrogen and oxygen atoms in total. The fourth-order valence-corrected chi connectivity index (χ4v) is 4.83. The molecule has 2 fully saturated rings. The first-order chi connectivity index (χ1) is 16.6. The van der Waals surface area contributed by atoms with E-state index in [1.807, 2.05) is 16.8 Å². The standard InChI is InChI=1S/C24H29N9O/c1-16-10-17(31-6-8-32(9-7-31)18-14-34-15-18)2-3-19(16)29-23-24-27-4-5-33(24)13-21(30-23)20-11-26-12-22(25)28-20/h2-5,11-13,16,18H,6-10,14-15H2,1H3,(H2,25,28)(H,29,30). The molecule has 1 aliphatic carbocycles. The molecular formula is C24H29N9O. The molecule has 3 N–H and O–H groups in total. The number of allylic oxidation sites excluding steroid dienone is 4. The second kappa shape index (κ2) is 8.69. The smallest absolute Gasteiger partial charge is 0.180 e. The predicted molar refractivity (Wildman–Crippen MR) is 130 cm³/mol. The number of ether oxygens (including phenoxy) is 1. The van der Waals surface area contributed by atoms with E-state index in [1.54, 1.807) is 12.4 Å². The number of aromatic nitrogens is 5. The molecule has 2 aliphatic heterocycles. The van der Waals surface area contributed by atoms with Gasteiger partial charge in [-0.1, -0.05) is 6.92 Å². The quantitative estimate of drug-likeness (QED) is 0.592. The van der Waals surface area contributed by atoms with Gasteiger partial charge >= 0.3 is 0 Å². The van der Waals surface area contributed by atoms with Crippen LogP contribution in [-0.2, 0) is 4.74 Å². The Kier molecular flexibility index (Phi) is 5.39. The van der Waals surface area contributed by atoms with Crippen LogP contribution in [0.3, 0.4) is 0 Å². The summed E-state index contributed by atoms with van der Waals surface area (Å²) in [5.41, 5.74) is 10.4. The van der Waals surface area contributed by atoms with Crippen molar-refractivity contribution < 1.29 is 4.74 Å². The minimum absolute atomic E-state index is 0.339. The summed E-state index contributed by atoms with van der Waals surface area (Å²) in [4.78, 5) is 22.9. The summed E-state index contributed by atoms with van der Waals surface area (Å²) in [6.07, 6.45) is 14.2. The van der Waals surface area contributed by atoms with Gasteiger partial charge in [0.25, 0.3) is 0 Å². The molecule has 0 spiro atoms. The predicted octanol–water partition coefficient (Wildman–Crippen LogP) is 2.00. The van der Waals surface area contributed by atoms with Gasteiger partial charge in [0.15, 0.2) is 11.5 Å². The topological polar surface area (TPSA) is 110 Å². The number of nitrogens with two attached hydrogens (primary N) is 1. The van der Waals surface area contributed by atoms with Crippen molar-refractivity contribution in [2.45, 2.75) is 19.4 Å². The molecule has 0 saturated carbocycles. The van der Waals surface area contributed by atoms with Crippen LogP contribution in [0.15, 0.2) is 54.5 Å². The van der Waals surface area contributed by atoms with E-state index in [1.165, 1.54) is 11.9 Å². The lowest BCUT2D eigenvalue weighted by molar-refractivity contribution is -0.0749. The van der Waals surface area contributed by atoms with E-state index >= 15 is 0 Å². The molecule has 2 saturated heterocycles. The summed E-state index contributed by atoms with van der Waals surface area (Å²) in [7, 11) is 0. The van der Waals surface area contributed by atoms with Crippen LogP contribution in [-0.4, -0.2) is 79.6 Å². The molecule has 10 heteroatoms. The number of imidazole rings is 1. The first kappa shape index (κ1) is 21.1. The van der Waals surface area contributed by atoms with Crippen LogP contribution in [0.2, 0.25) is 0 Å². The third kappa shape index (κ3) is 3.99. The van der Waals surface area contributed by atoms with E-state index in [9.17, 15) is 0 Å². The van der Waals surface area contributed by atoms with Crippen molar-refractivity contribution in [3.8, 4) is 11.4 Å². The van der Waals surface area contributed by atoms with Gasteiger partial charge in [0.2, 0.25) is 0 Å². The molecule has 34 heavy (non-hydrogen) atoms. The Morgan fingerprint density at radius 2 is 1.91 bits per heavy atom. The molecule has 6 rings (SSSR count). The van der Waals surface area contributed by atoms with Crippen molar-refractivity contribution in [3.05, 3.63) is 54.5 Å². The van der Waals surface area contributed by atoms with Gasteiger partial charge in [-0.2, -0.15) is 0 Å². The lowest BCUT2D eigenvalue weighted by Gasteiger charge is -2.44. The minimum Gasteiger partial charge on any atom is -0.382 e. The molecule has 1 unspecified atom stereocenters. The Morgan fingerprint density at radius 1 is 1.06 bits per heavy atom. The zero-order chi connectivity index (χ0) is 23.1. The molecule has 0 aromatic carbocycles. The highest BCUT2D eigenvalue weighted by Gasteiger charge is 2.30. The van der Waals surface area contributed by atoms with Crippen molar-refractivity contribution in [3.63, 3.8) is 0 Å². The van der Waals surface area contributed by atoms with Gasteiger partial charge in [0.1, 0.15) is 17.2 Å². The summed E-state index contributed by atoms with van der Waals surface area (Å²) in [5.74, 6) is 1.39. The van der Waals surface area contributed by atoms with Gasteiger partial charge in [0.05, 0.1) is 31.6 Å². The zero-order valence-corrected chi connectivity index (χ0v) is 19.3. The molecule has 176 valence electrons. The number of hydrogen-bond acceptors (Lipinski definition) is 9. The number of nitrogens with zero attached hydrogens (tertiary/aromatic N) is 7. The monoisotopic (exact) mass is 459 g/mol. The van der Waals surface area contributed by atoms with Crippen molar-refractivity contribution in [1.29, 1.82) is 0 Å². The zero-order valence-electron chi connectivity index (χ0n) is 19.3. The van der Waals surface area contributed by atoms with E-state index in [4.69, 9.17) is 15.5 Å². The summed E-state index contributed by atoms with van der Waals surface area (Å²) >= 11 is 0. The lowest BCUT2D eigenvalue weighted by atomic mass is 9.95. The largest absolute Gasteiger partial charge is 0.382 e. The van der Waals surface area contributed by atoms with Gasteiger partial charge < -0.3 is 25.1 Å². The Hall–Kier alpha value is -3.50. The summed E-state index contributed by atoms with van der Waals surface area (Å²) < 4.78 is 7.30. The number of rotatable bonds is 5. The van der Waals surface area contributed by atoms with Crippen molar-refractivity contribution in [1.82, 2.24) is 34.1 Å². The minimum atomic E-state index is 0.339. The number of nitrogen functional groups attached to an aromatic ring is 1. The third-order valence-electron chi connectivity index (χ3n) is 6.91. The second-order valence-electron chi connectivity index (χ2n) is 9.19. The maximum Gasteiger partial charge on any atom is 0.180 e. The van der Waals surface area contributed by atoms with E-state index in [0.717, 1.165) is 57.2 Å². The van der Waals surface area contributed by atoms with E-state index in [-0.39, 0.29) is 0 Å². The normalized spacial score (nSPS) is 21.8. The Labute approximate surface area is 198 Å². The highest BCUT2D eigenvalue weighted by Crippen LogP contribution is 2.30. The number of piperazine rings is 1. The average molecular weight is 460 g/mol. The van der Waals surface area contributed by atoms with Crippen LogP contribution in [0.5, 0.6) is 0 Å². The molecule has 5 heterocycles. The van der Waals surface area contributed by atoms with E-state index in [2.05, 4.69) is 49.1 Å². The maximum absolute atomic E-state index is 5.84. The molecule has 3 aromatic heterocycles. The summed E-state index contributed by atoms with van der Waals surface area (Å²) in [6.45, 7) is 8.40. The Balaban J connectivity index is 1.22. The van der Waals surface area contributed by atoms with E-state index < -0.39 is 0 Å². The molecule has 0 radical (unpaired) electrons. The molecule has 0 amide bonds. The Bertz CT molecular complexity index is 1250. The fraction of sp³-hybridized carbons (Fsp3) is 0.417. The highest BCUT2D eigenvalue weighted by molar-refractivity contribution is 5.69. The highest BCUT2D eigenvalue weighted by atomic mass is 16.5. The van der Waals surface area contributed by atoms with Crippen LogP contribution >= 0.6 is 0 Å². The SMILES string of the molecule is CC1CC(N2CCN(C3COC3)CC2)=CC=C1Nc1nc(-c2cncc(N)n2)cn2ccnc12. The summed E-state index contributed by atoms with van der Waals surface area (Å²) in [5, 5.41) is 3.55. The lowest BCUT2D eigenvalue weighted by Crippen LogP contribution is -2.56. The van der Waals surface area contributed by atoms with Crippen LogP contribution in [0.25, 0.3) is 17.0 Å². The van der Waals surface area contributed by atoms with E-state index in [0.29, 0.717) is 35.0 Å². The number of anilines is 2. The maximum atomic E-state index is 5.84. The van der Waals surface area contributed by atoms with Crippen LogP contribution in [0.4, 0.5) is 11.6 Å². The first-order valence-electron chi connectivity index (χ1n) is 11.8. The van der Waals surface area contributed by atoms with Crippen LogP contribution in [0, 0.1) is 5.92 Å². The van der Waals surface area contributed by atoms with Crippen molar-refractivity contribution >= 4 is 17.3 Å². The van der Waals surface area contributed by atoms with Gasteiger partial charge in [-0.3, -0.25) is 9.88 Å². The molecule has 3 aromatic rings. The van der Waals surface area contributed by atoms with Gasteiger partial charge in [0, 0.05) is 62.1 Å². The average Bonchev–Trinajstić information content (AvgIpc) is 3.29. The van der Waals surface area contributed by atoms with Gasteiger partial charge in [-0.05, 0) is 18.6 Å².